The van der Waals surface area contributed by atoms with Crippen LogP contribution in [0.3, 0.4) is 0 Å². The van der Waals surface area contributed by atoms with E-state index in [2.05, 4.69) is 11.2 Å². The Morgan fingerprint density at radius 2 is 2.14 bits per heavy atom. The second kappa shape index (κ2) is 3.21. The fourth-order valence-corrected chi connectivity index (χ4v) is 1.22. The number of halogens is 2. The van der Waals surface area contributed by atoms with Crippen LogP contribution < -0.4 is 0 Å². The summed E-state index contributed by atoms with van der Waals surface area (Å²) in [6.45, 7) is 1.75. The molecule has 0 aliphatic carbocycles. The molecule has 0 saturated heterocycles. The quantitative estimate of drug-likeness (QED) is 0.679. The molecule has 4 heteroatoms. The van der Waals surface area contributed by atoms with Gasteiger partial charge in [-0.15, -0.1) is 0 Å². The van der Waals surface area contributed by atoms with E-state index in [0.29, 0.717) is 5.69 Å². The van der Waals surface area contributed by atoms with Crippen LogP contribution in [0.25, 0.3) is 5.69 Å². The van der Waals surface area contributed by atoms with E-state index in [-0.39, 0.29) is 5.69 Å². The van der Waals surface area contributed by atoms with Crippen LogP contribution in [0.1, 0.15) is 5.69 Å². The fraction of sp³-hybridized carbons (Fsp3) is 0.100. The Morgan fingerprint density at radius 1 is 1.36 bits per heavy atom. The lowest BCUT2D eigenvalue weighted by Crippen LogP contribution is -2.01. The molecular formula is C10H7F2N2. The van der Waals surface area contributed by atoms with E-state index in [1.807, 2.05) is 0 Å². The molecule has 0 atom stereocenters. The summed E-state index contributed by atoms with van der Waals surface area (Å²) < 4.78 is 27.3. The molecule has 1 aromatic carbocycles. The van der Waals surface area contributed by atoms with Crippen molar-refractivity contribution in [2.45, 2.75) is 6.92 Å². The second-order valence-corrected chi connectivity index (χ2v) is 2.88. The predicted molar refractivity (Wildman–Crippen MR) is 47.1 cm³/mol. The third kappa shape index (κ3) is 1.39. The molecule has 71 valence electrons. The summed E-state index contributed by atoms with van der Waals surface area (Å²) >= 11 is 0. The van der Waals surface area contributed by atoms with Crippen molar-refractivity contribution in [3.8, 4) is 5.69 Å². The maximum Gasteiger partial charge on any atom is 0.151 e. The summed E-state index contributed by atoms with van der Waals surface area (Å²) in [6, 6.07) is 6.17. The van der Waals surface area contributed by atoms with Gasteiger partial charge in [-0.1, -0.05) is 0 Å². The largest absolute Gasteiger partial charge is 0.234 e. The summed E-state index contributed by atoms with van der Waals surface area (Å²) in [5, 5.41) is 3.88. The maximum absolute atomic E-state index is 13.3. The number of aryl methyl sites for hydroxylation is 1. The lowest BCUT2D eigenvalue weighted by Gasteiger charge is -2.04. The van der Waals surface area contributed by atoms with Gasteiger partial charge >= 0.3 is 0 Å². The van der Waals surface area contributed by atoms with Crippen LogP contribution >= 0.6 is 0 Å². The standard InChI is InChI=1S/C10H7F2N2/c1-7-4-5-13-14(7)10-3-2-8(11)6-9(10)12/h2-3,5-6H,1H3. The molecule has 0 saturated carbocycles. The average molecular weight is 193 g/mol. The van der Waals surface area contributed by atoms with Gasteiger partial charge in [-0.25, -0.2) is 13.5 Å². The Hall–Kier alpha value is -1.71. The highest BCUT2D eigenvalue weighted by Crippen LogP contribution is 2.15. The van der Waals surface area contributed by atoms with Crippen LogP contribution in [0.15, 0.2) is 24.4 Å². The van der Waals surface area contributed by atoms with Crippen LogP contribution in [0.4, 0.5) is 8.78 Å². The highest BCUT2D eigenvalue weighted by atomic mass is 19.1. The smallest absolute Gasteiger partial charge is 0.151 e. The minimum Gasteiger partial charge on any atom is -0.234 e. The number of hydrogen-bond acceptors (Lipinski definition) is 1. The first-order valence-electron chi connectivity index (χ1n) is 4.06. The third-order valence-corrected chi connectivity index (χ3v) is 1.90. The van der Waals surface area contributed by atoms with Gasteiger partial charge in [-0.2, -0.15) is 5.10 Å². The van der Waals surface area contributed by atoms with Crippen molar-refractivity contribution in [1.29, 1.82) is 0 Å². The number of benzene rings is 1. The van der Waals surface area contributed by atoms with Crippen LogP contribution in [0, 0.1) is 24.6 Å². The van der Waals surface area contributed by atoms with Crippen molar-refractivity contribution in [3.63, 3.8) is 0 Å². The molecule has 0 bridgehead atoms. The highest BCUT2D eigenvalue weighted by molar-refractivity contribution is 5.34. The maximum atomic E-state index is 13.3. The van der Waals surface area contributed by atoms with Crippen LogP contribution in [-0.2, 0) is 0 Å². The third-order valence-electron chi connectivity index (χ3n) is 1.90. The first-order chi connectivity index (χ1) is 6.68. The molecule has 2 nitrogen and oxygen atoms in total. The molecule has 14 heavy (non-hydrogen) atoms. The SMILES string of the molecule is Cc1[c]cnn1-c1ccc(F)cc1F. The Bertz CT molecular complexity index is 463. The Labute approximate surface area is 79.8 Å². The summed E-state index contributed by atoms with van der Waals surface area (Å²) in [6.07, 6.45) is 1.44. The summed E-state index contributed by atoms with van der Waals surface area (Å²) in [5.74, 6) is -1.23. The second-order valence-electron chi connectivity index (χ2n) is 2.88. The van der Waals surface area contributed by atoms with Crippen molar-refractivity contribution in [2.24, 2.45) is 0 Å². The predicted octanol–water partition coefficient (Wildman–Crippen LogP) is 2.26. The first-order valence-corrected chi connectivity index (χ1v) is 4.06. The molecule has 0 spiro atoms. The first kappa shape index (κ1) is 8.87. The molecule has 0 unspecified atom stereocenters. The Morgan fingerprint density at radius 3 is 2.71 bits per heavy atom. The van der Waals surface area contributed by atoms with Crippen molar-refractivity contribution >= 4 is 0 Å². The molecule has 0 amide bonds. The molecule has 1 radical (unpaired) electrons. The lowest BCUT2D eigenvalue weighted by atomic mass is 10.3. The van der Waals surface area contributed by atoms with E-state index < -0.39 is 11.6 Å². The van der Waals surface area contributed by atoms with Crippen molar-refractivity contribution in [1.82, 2.24) is 9.78 Å². The van der Waals surface area contributed by atoms with Gasteiger partial charge in [0.25, 0.3) is 0 Å². The Balaban J connectivity index is 2.58. The zero-order valence-corrected chi connectivity index (χ0v) is 7.46. The molecule has 2 aromatic rings. The molecule has 0 aliphatic heterocycles. The van der Waals surface area contributed by atoms with Crippen molar-refractivity contribution in [3.05, 3.63) is 47.8 Å². The highest BCUT2D eigenvalue weighted by Gasteiger charge is 2.07. The fourth-order valence-electron chi connectivity index (χ4n) is 1.22. The van der Waals surface area contributed by atoms with Gasteiger partial charge in [0.1, 0.15) is 11.5 Å². The van der Waals surface area contributed by atoms with Crippen LogP contribution in [0.2, 0.25) is 0 Å². The molecule has 1 aromatic heterocycles. The average Bonchev–Trinajstić information content (AvgIpc) is 2.52. The number of nitrogens with zero attached hydrogens (tertiary/aromatic N) is 2. The van der Waals surface area contributed by atoms with Crippen LogP contribution in [-0.4, -0.2) is 9.78 Å². The van der Waals surface area contributed by atoms with Gasteiger partial charge in [-0.05, 0) is 19.1 Å². The van der Waals surface area contributed by atoms with E-state index in [4.69, 9.17) is 0 Å². The minimum absolute atomic E-state index is 0.227. The van der Waals surface area contributed by atoms with E-state index in [1.165, 1.54) is 23.0 Å². The normalized spacial score (nSPS) is 10.5. The van der Waals surface area contributed by atoms with Crippen molar-refractivity contribution in [2.75, 3.05) is 0 Å². The van der Waals surface area contributed by atoms with E-state index in [0.717, 1.165) is 6.07 Å². The molecule has 1 heterocycles. The lowest BCUT2D eigenvalue weighted by molar-refractivity contribution is 0.572. The van der Waals surface area contributed by atoms with Gasteiger partial charge in [0, 0.05) is 17.8 Å². The number of hydrogen-bond donors (Lipinski definition) is 0. The molecule has 0 fully saturated rings. The minimum atomic E-state index is -0.634. The molecule has 0 N–H and O–H groups in total. The van der Waals surface area contributed by atoms with Gasteiger partial charge in [0.2, 0.25) is 0 Å². The van der Waals surface area contributed by atoms with E-state index in [1.54, 1.807) is 6.92 Å². The zero-order valence-electron chi connectivity index (χ0n) is 7.46. The van der Waals surface area contributed by atoms with E-state index >= 15 is 0 Å². The Kier molecular flexibility index (Phi) is 2.04. The number of rotatable bonds is 1. The van der Waals surface area contributed by atoms with Gasteiger partial charge in [-0.3, -0.25) is 0 Å². The molecule has 2 rings (SSSR count). The van der Waals surface area contributed by atoms with Crippen LogP contribution in [0.5, 0.6) is 0 Å². The van der Waals surface area contributed by atoms with Gasteiger partial charge < -0.3 is 0 Å². The zero-order chi connectivity index (χ0) is 10.1. The summed E-state index contributed by atoms with van der Waals surface area (Å²) in [5.41, 5.74) is 0.903. The van der Waals surface area contributed by atoms with Gasteiger partial charge in [0.05, 0.1) is 6.20 Å². The topological polar surface area (TPSA) is 17.8 Å². The number of aromatic nitrogens is 2. The molecular weight excluding hydrogens is 186 g/mol. The summed E-state index contributed by atoms with van der Waals surface area (Å²) in [7, 11) is 0. The van der Waals surface area contributed by atoms with Gasteiger partial charge in [0.15, 0.2) is 5.82 Å². The summed E-state index contributed by atoms with van der Waals surface area (Å²) in [4.78, 5) is 0. The monoisotopic (exact) mass is 193 g/mol. The van der Waals surface area contributed by atoms with Crippen molar-refractivity contribution < 1.29 is 8.78 Å². The van der Waals surface area contributed by atoms with E-state index in [9.17, 15) is 8.78 Å². The molecule has 0 aliphatic rings.